The van der Waals surface area contributed by atoms with Crippen LogP contribution in [-0.4, -0.2) is 21.8 Å². The minimum atomic E-state index is -0.841. The summed E-state index contributed by atoms with van der Waals surface area (Å²) in [5.74, 6) is 0.435. The molecule has 1 atom stereocenters. The molecule has 0 saturated heterocycles. The molecule has 118 valence electrons. The van der Waals surface area contributed by atoms with Crippen molar-refractivity contribution in [1.82, 2.24) is 9.55 Å². The van der Waals surface area contributed by atoms with Crippen molar-refractivity contribution < 1.29 is 14.2 Å². The van der Waals surface area contributed by atoms with E-state index in [0.717, 1.165) is 11.4 Å². The minimum absolute atomic E-state index is 0.161. The molecule has 0 bridgehead atoms. The number of rotatable bonds is 5. The second kappa shape index (κ2) is 6.62. The Bertz CT molecular complexity index is 787. The average molecular weight is 312 g/mol. The second-order valence-corrected chi connectivity index (χ2v) is 5.18. The fraction of sp³-hybridized carbons (Fsp3) is 0.167. The summed E-state index contributed by atoms with van der Waals surface area (Å²) >= 11 is 0. The number of halogens is 1. The van der Waals surface area contributed by atoms with E-state index in [2.05, 4.69) is 4.98 Å². The van der Waals surface area contributed by atoms with Crippen molar-refractivity contribution in [3.8, 4) is 17.1 Å². The highest BCUT2D eigenvalue weighted by Crippen LogP contribution is 2.24. The van der Waals surface area contributed by atoms with Crippen molar-refractivity contribution in [3.05, 3.63) is 72.3 Å². The summed E-state index contributed by atoms with van der Waals surface area (Å²) < 4.78 is 20.5. The number of benzene rings is 2. The van der Waals surface area contributed by atoms with E-state index in [4.69, 9.17) is 4.74 Å². The zero-order chi connectivity index (χ0) is 16.2. The molecule has 0 fully saturated rings. The van der Waals surface area contributed by atoms with Gasteiger partial charge in [-0.15, -0.1) is 0 Å². The Labute approximate surface area is 133 Å². The van der Waals surface area contributed by atoms with E-state index in [1.54, 1.807) is 18.5 Å². The predicted molar refractivity (Wildman–Crippen MR) is 85.6 cm³/mol. The summed E-state index contributed by atoms with van der Waals surface area (Å²) in [6.07, 6.45) is 2.64. The summed E-state index contributed by atoms with van der Waals surface area (Å²) in [7, 11) is 1.41. The molecule has 23 heavy (non-hydrogen) atoms. The Kier molecular flexibility index (Phi) is 4.39. The molecule has 0 aliphatic carbocycles. The van der Waals surface area contributed by atoms with Crippen molar-refractivity contribution in [3.63, 3.8) is 0 Å². The van der Waals surface area contributed by atoms with Crippen LogP contribution < -0.4 is 4.74 Å². The van der Waals surface area contributed by atoms with E-state index in [-0.39, 0.29) is 12.3 Å². The number of ether oxygens (including phenoxy) is 1. The number of hydrogen-bond acceptors (Lipinski definition) is 3. The summed E-state index contributed by atoms with van der Waals surface area (Å²) in [6.45, 7) is 0.288. The van der Waals surface area contributed by atoms with E-state index in [9.17, 15) is 9.50 Å². The lowest BCUT2D eigenvalue weighted by molar-refractivity contribution is 0.156. The third-order valence-electron chi connectivity index (χ3n) is 3.68. The Hall–Kier alpha value is -2.66. The molecule has 1 unspecified atom stereocenters. The molecule has 1 N–H and O–H groups in total. The maximum atomic E-state index is 13.8. The van der Waals surface area contributed by atoms with Gasteiger partial charge in [0, 0.05) is 18.0 Å². The van der Waals surface area contributed by atoms with Gasteiger partial charge in [0.05, 0.1) is 19.8 Å². The molecule has 1 heterocycles. The normalized spacial score (nSPS) is 12.1. The number of aliphatic hydroxyl groups excluding tert-OH is 1. The van der Waals surface area contributed by atoms with Crippen LogP contribution in [-0.2, 0) is 6.54 Å². The van der Waals surface area contributed by atoms with Crippen molar-refractivity contribution in [2.24, 2.45) is 0 Å². The van der Waals surface area contributed by atoms with Gasteiger partial charge in [-0.05, 0) is 17.7 Å². The molecule has 3 rings (SSSR count). The van der Waals surface area contributed by atoms with Gasteiger partial charge in [-0.1, -0.05) is 36.4 Å². The standard InChI is InChI=1S/C18H17FN2O2/c1-23-17-8-7-14(11-15(17)19)16(22)12-21-10-9-20-18(21)13-5-3-2-4-6-13/h2-11,16,22H,12H2,1H3. The SMILES string of the molecule is COc1ccc(C(O)Cn2ccnc2-c2ccccc2)cc1F. The zero-order valence-electron chi connectivity index (χ0n) is 12.7. The molecule has 1 aromatic heterocycles. The van der Waals surface area contributed by atoms with Crippen LogP contribution >= 0.6 is 0 Å². The molecule has 0 radical (unpaired) electrons. The second-order valence-electron chi connectivity index (χ2n) is 5.18. The first-order valence-electron chi connectivity index (χ1n) is 7.27. The van der Waals surface area contributed by atoms with Crippen molar-refractivity contribution in [1.29, 1.82) is 0 Å². The predicted octanol–water partition coefficient (Wildman–Crippen LogP) is 3.43. The fourth-order valence-electron chi connectivity index (χ4n) is 2.49. The van der Waals surface area contributed by atoms with Gasteiger partial charge in [0.15, 0.2) is 11.6 Å². The highest BCUT2D eigenvalue weighted by atomic mass is 19.1. The van der Waals surface area contributed by atoms with Crippen LogP contribution in [0.3, 0.4) is 0 Å². The number of hydrogen-bond donors (Lipinski definition) is 1. The Morgan fingerprint density at radius 1 is 1.22 bits per heavy atom. The third-order valence-corrected chi connectivity index (χ3v) is 3.68. The van der Waals surface area contributed by atoms with Crippen molar-refractivity contribution in [2.45, 2.75) is 12.6 Å². The highest BCUT2D eigenvalue weighted by molar-refractivity contribution is 5.55. The van der Waals surface area contributed by atoms with Gasteiger partial charge in [-0.3, -0.25) is 0 Å². The largest absolute Gasteiger partial charge is 0.494 e. The van der Waals surface area contributed by atoms with Crippen molar-refractivity contribution >= 4 is 0 Å². The molecule has 3 aromatic rings. The molecular formula is C18H17FN2O2. The molecule has 4 nitrogen and oxygen atoms in total. The lowest BCUT2D eigenvalue weighted by atomic mass is 10.1. The van der Waals surface area contributed by atoms with Gasteiger partial charge in [-0.25, -0.2) is 9.37 Å². The van der Waals surface area contributed by atoms with E-state index < -0.39 is 11.9 Å². The van der Waals surface area contributed by atoms with E-state index in [1.807, 2.05) is 34.9 Å². The minimum Gasteiger partial charge on any atom is -0.494 e. The molecule has 2 aromatic carbocycles. The number of nitrogens with zero attached hydrogens (tertiary/aromatic N) is 2. The first kappa shape index (κ1) is 15.2. The highest BCUT2D eigenvalue weighted by Gasteiger charge is 2.14. The van der Waals surface area contributed by atoms with Gasteiger partial charge in [0.25, 0.3) is 0 Å². The Morgan fingerprint density at radius 2 is 2.00 bits per heavy atom. The van der Waals surface area contributed by atoms with E-state index in [1.165, 1.54) is 19.2 Å². The van der Waals surface area contributed by atoms with Crippen LogP contribution in [0.15, 0.2) is 60.9 Å². The first-order valence-corrected chi connectivity index (χ1v) is 7.27. The van der Waals surface area contributed by atoms with Gasteiger partial charge >= 0.3 is 0 Å². The van der Waals surface area contributed by atoms with Crippen LogP contribution in [0.25, 0.3) is 11.4 Å². The van der Waals surface area contributed by atoms with Crippen molar-refractivity contribution in [2.75, 3.05) is 7.11 Å². The third kappa shape index (κ3) is 3.24. The number of imidazole rings is 1. The zero-order valence-corrected chi connectivity index (χ0v) is 12.7. The number of aliphatic hydroxyl groups is 1. The van der Waals surface area contributed by atoms with Crippen LogP contribution in [0.5, 0.6) is 5.75 Å². The fourth-order valence-corrected chi connectivity index (χ4v) is 2.49. The monoisotopic (exact) mass is 312 g/mol. The Balaban J connectivity index is 1.83. The van der Waals surface area contributed by atoms with Crippen LogP contribution in [0, 0.1) is 5.82 Å². The lowest BCUT2D eigenvalue weighted by Crippen LogP contribution is -2.09. The lowest BCUT2D eigenvalue weighted by Gasteiger charge is -2.15. The topological polar surface area (TPSA) is 47.3 Å². The van der Waals surface area contributed by atoms with Crippen LogP contribution in [0.2, 0.25) is 0 Å². The molecule has 0 aliphatic heterocycles. The molecular weight excluding hydrogens is 295 g/mol. The van der Waals surface area contributed by atoms with Gasteiger partial charge < -0.3 is 14.4 Å². The smallest absolute Gasteiger partial charge is 0.165 e. The van der Waals surface area contributed by atoms with Gasteiger partial charge in [0.1, 0.15) is 5.82 Å². The molecule has 0 spiro atoms. The maximum absolute atomic E-state index is 13.8. The number of methoxy groups -OCH3 is 1. The van der Waals surface area contributed by atoms with Gasteiger partial charge in [0.2, 0.25) is 0 Å². The molecule has 0 aliphatic rings. The quantitative estimate of drug-likeness (QED) is 0.785. The molecule has 0 amide bonds. The molecule has 0 saturated carbocycles. The average Bonchev–Trinajstić information content (AvgIpc) is 3.03. The number of aromatic nitrogens is 2. The van der Waals surface area contributed by atoms with E-state index in [0.29, 0.717) is 5.56 Å². The Morgan fingerprint density at radius 3 is 2.70 bits per heavy atom. The van der Waals surface area contributed by atoms with Crippen LogP contribution in [0.1, 0.15) is 11.7 Å². The summed E-state index contributed by atoms with van der Waals surface area (Å²) in [5, 5.41) is 10.4. The summed E-state index contributed by atoms with van der Waals surface area (Å²) in [4.78, 5) is 4.34. The van der Waals surface area contributed by atoms with E-state index >= 15 is 0 Å². The summed E-state index contributed by atoms with van der Waals surface area (Å²) in [5.41, 5.74) is 1.46. The maximum Gasteiger partial charge on any atom is 0.165 e. The first-order chi connectivity index (χ1) is 11.2. The summed E-state index contributed by atoms with van der Waals surface area (Å²) in [6, 6.07) is 14.2. The van der Waals surface area contributed by atoms with Crippen LogP contribution in [0.4, 0.5) is 4.39 Å². The van der Waals surface area contributed by atoms with Gasteiger partial charge in [-0.2, -0.15) is 0 Å². The molecule has 5 heteroatoms.